The summed E-state index contributed by atoms with van der Waals surface area (Å²) in [5, 5.41) is 3.13. The van der Waals surface area contributed by atoms with E-state index in [1.165, 1.54) is 25.7 Å². The second kappa shape index (κ2) is 5.74. The van der Waals surface area contributed by atoms with Gasteiger partial charge in [0.05, 0.1) is 5.41 Å². The van der Waals surface area contributed by atoms with Crippen LogP contribution in [0.4, 0.5) is 0 Å². The smallest absolute Gasteiger partial charge is 0.227 e. The first kappa shape index (κ1) is 12.8. The number of carbonyl (C=O) groups excluding carboxylic acids is 1. The van der Waals surface area contributed by atoms with Gasteiger partial charge in [0.1, 0.15) is 0 Å². The van der Waals surface area contributed by atoms with E-state index in [9.17, 15) is 4.79 Å². The molecule has 1 saturated carbocycles. The molecule has 0 bridgehead atoms. The summed E-state index contributed by atoms with van der Waals surface area (Å²) in [5.41, 5.74) is -0.437. The number of hydrogen-bond acceptors (Lipinski definition) is 1. The molecule has 1 rings (SSSR count). The van der Waals surface area contributed by atoms with Gasteiger partial charge in [-0.3, -0.25) is 4.79 Å². The van der Waals surface area contributed by atoms with E-state index >= 15 is 0 Å². The van der Waals surface area contributed by atoms with Crippen LogP contribution in [0.2, 0.25) is 0 Å². The quantitative estimate of drug-likeness (QED) is 0.587. The standard InChI is InChI=1S/C12H22ClNO/c1-12(2,9-13)11(15)14-10-7-5-3-4-6-8-10/h10H,3-9H2,1-2H3,(H,14,15). The normalized spacial score (nSPS) is 19.7. The van der Waals surface area contributed by atoms with E-state index in [1.807, 2.05) is 13.8 Å². The van der Waals surface area contributed by atoms with E-state index < -0.39 is 5.41 Å². The van der Waals surface area contributed by atoms with Crippen molar-refractivity contribution in [3.8, 4) is 0 Å². The highest BCUT2D eigenvalue weighted by Gasteiger charge is 2.28. The first-order valence-electron chi connectivity index (χ1n) is 5.93. The van der Waals surface area contributed by atoms with E-state index in [1.54, 1.807) is 0 Å². The molecule has 0 aromatic carbocycles. The largest absolute Gasteiger partial charge is 0.353 e. The van der Waals surface area contributed by atoms with Gasteiger partial charge in [-0.25, -0.2) is 0 Å². The molecule has 0 radical (unpaired) electrons. The summed E-state index contributed by atoms with van der Waals surface area (Å²) >= 11 is 5.78. The predicted octanol–water partition coefficient (Wildman–Crippen LogP) is 3.09. The fourth-order valence-corrected chi connectivity index (χ4v) is 1.99. The Balaban J connectivity index is 2.42. The summed E-state index contributed by atoms with van der Waals surface area (Å²) in [5.74, 6) is 0.482. The number of rotatable bonds is 3. The Morgan fingerprint density at radius 1 is 1.27 bits per heavy atom. The number of halogens is 1. The lowest BCUT2D eigenvalue weighted by Gasteiger charge is -2.24. The molecule has 0 aromatic heterocycles. The Hall–Kier alpha value is -0.240. The minimum atomic E-state index is -0.437. The molecule has 1 amide bonds. The van der Waals surface area contributed by atoms with Crippen LogP contribution in [0, 0.1) is 5.41 Å². The highest BCUT2D eigenvalue weighted by atomic mass is 35.5. The third kappa shape index (κ3) is 4.02. The Morgan fingerprint density at radius 3 is 2.27 bits per heavy atom. The zero-order valence-electron chi connectivity index (χ0n) is 9.81. The van der Waals surface area contributed by atoms with Gasteiger partial charge in [0.15, 0.2) is 0 Å². The molecule has 3 heteroatoms. The second-order valence-corrected chi connectivity index (χ2v) is 5.45. The van der Waals surface area contributed by atoms with Crippen molar-refractivity contribution in [2.45, 2.75) is 58.4 Å². The Labute approximate surface area is 97.8 Å². The van der Waals surface area contributed by atoms with Crippen molar-refractivity contribution in [1.82, 2.24) is 5.32 Å². The molecule has 1 N–H and O–H groups in total. The first-order chi connectivity index (χ1) is 7.06. The van der Waals surface area contributed by atoms with Crippen LogP contribution < -0.4 is 5.32 Å². The van der Waals surface area contributed by atoms with Gasteiger partial charge in [-0.15, -0.1) is 11.6 Å². The van der Waals surface area contributed by atoms with Crippen LogP contribution in [-0.2, 0) is 4.79 Å². The first-order valence-corrected chi connectivity index (χ1v) is 6.46. The Morgan fingerprint density at radius 2 is 1.80 bits per heavy atom. The van der Waals surface area contributed by atoms with Crippen molar-refractivity contribution in [3.05, 3.63) is 0 Å². The summed E-state index contributed by atoms with van der Waals surface area (Å²) in [6, 6.07) is 0.377. The molecule has 0 saturated heterocycles. The highest BCUT2D eigenvalue weighted by molar-refractivity contribution is 6.19. The van der Waals surface area contributed by atoms with E-state index in [4.69, 9.17) is 11.6 Å². The van der Waals surface area contributed by atoms with Crippen LogP contribution in [0.25, 0.3) is 0 Å². The molecule has 15 heavy (non-hydrogen) atoms. The molecule has 0 aliphatic heterocycles. The van der Waals surface area contributed by atoms with Gasteiger partial charge >= 0.3 is 0 Å². The number of amides is 1. The van der Waals surface area contributed by atoms with Crippen molar-refractivity contribution in [3.63, 3.8) is 0 Å². The van der Waals surface area contributed by atoms with Crippen LogP contribution in [0.5, 0.6) is 0 Å². The maximum Gasteiger partial charge on any atom is 0.227 e. The molecule has 0 aromatic rings. The van der Waals surface area contributed by atoms with Crippen molar-refractivity contribution in [2.24, 2.45) is 5.41 Å². The van der Waals surface area contributed by atoms with Gasteiger partial charge < -0.3 is 5.32 Å². The van der Waals surface area contributed by atoms with Crippen molar-refractivity contribution >= 4 is 17.5 Å². The fourth-order valence-electron chi connectivity index (χ4n) is 1.87. The Kier molecular flexibility index (Phi) is 4.91. The molecule has 0 atom stereocenters. The van der Waals surface area contributed by atoms with Gasteiger partial charge in [-0.2, -0.15) is 0 Å². The SMILES string of the molecule is CC(C)(CCl)C(=O)NC1CCCCCC1. The summed E-state index contributed by atoms with van der Waals surface area (Å²) in [6.45, 7) is 3.79. The molecule has 1 aliphatic carbocycles. The average Bonchev–Trinajstić information content (AvgIpc) is 2.46. The number of carbonyl (C=O) groups is 1. The second-order valence-electron chi connectivity index (χ2n) is 5.18. The van der Waals surface area contributed by atoms with Crippen LogP contribution in [0.1, 0.15) is 52.4 Å². The summed E-state index contributed by atoms with van der Waals surface area (Å²) < 4.78 is 0. The van der Waals surface area contributed by atoms with E-state index in [2.05, 4.69) is 5.32 Å². The molecular formula is C12H22ClNO. The lowest BCUT2D eigenvalue weighted by atomic mass is 9.94. The number of alkyl halides is 1. The Bertz CT molecular complexity index is 208. The van der Waals surface area contributed by atoms with E-state index in [0.717, 1.165) is 12.8 Å². The molecule has 1 fully saturated rings. The van der Waals surface area contributed by atoms with Gasteiger partial charge in [0, 0.05) is 11.9 Å². The number of hydrogen-bond donors (Lipinski definition) is 1. The zero-order chi connectivity index (χ0) is 11.3. The fraction of sp³-hybridized carbons (Fsp3) is 0.917. The lowest BCUT2D eigenvalue weighted by molar-refractivity contribution is -0.129. The van der Waals surface area contributed by atoms with Gasteiger partial charge in [0.2, 0.25) is 5.91 Å². The van der Waals surface area contributed by atoms with Crippen LogP contribution >= 0.6 is 11.6 Å². The molecule has 0 unspecified atom stereocenters. The maximum atomic E-state index is 11.9. The minimum absolute atomic E-state index is 0.101. The number of nitrogens with one attached hydrogen (secondary N) is 1. The third-order valence-corrected chi connectivity index (χ3v) is 3.81. The molecule has 1 aliphatic rings. The van der Waals surface area contributed by atoms with Crippen LogP contribution in [-0.4, -0.2) is 17.8 Å². The third-order valence-electron chi connectivity index (χ3n) is 3.14. The minimum Gasteiger partial charge on any atom is -0.353 e. The monoisotopic (exact) mass is 231 g/mol. The van der Waals surface area contributed by atoms with Crippen molar-refractivity contribution < 1.29 is 4.79 Å². The van der Waals surface area contributed by atoms with E-state index in [-0.39, 0.29) is 5.91 Å². The maximum absolute atomic E-state index is 11.9. The van der Waals surface area contributed by atoms with Gasteiger partial charge in [0.25, 0.3) is 0 Å². The molecule has 0 heterocycles. The van der Waals surface area contributed by atoms with Gasteiger partial charge in [-0.1, -0.05) is 25.7 Å². The topological polar surface area (TPSA) is 29.1 Å². The van der Waals surface area contributed by atoms with Crippen LogP contribution in [0.3, 0.4) is 0 Å². The summed E-state index contributed by atoms with van der Waals surface area (Å²) in [7, 11) is 0. The highest BCUT2D eigenvalue weighted by Crippen LogP contribution is 2.21. The summed E-state index contributed by atoms with van der Waals surface area (Å²) in [6.07, 6.45) is 7.36. The van der Waals surface area contributed by atoms with Gasteiger partial charge in [-0.05, 0) is 26.7 Å². The summed E-state index contributed by atoms with van der Waals surface area (Å²) in [4.78, 5) is 11.9. The molecule has 2 nitrogen and oxygen atoms in total. The van der Waals surface area contributed by atoms with E-state index in [0.29, 0.717) is 11.9 Å². The predicted molar refractivity (Wildman–Crippen MR) is 64.1 cm³/mol. The average molecular weight is 232 g/mol. The van der Waals surface area contributed by atoms with Crippen LogP contribution in [0.15, 0.2) is 0 Å². The zero-order valence-corrected chi connectivity index (χ0v) is 10.6. The van der Waals surface area contributed by atoms with Crippen molar-refractivity contribution in [1.29, 1.82) is 0 Å². The molecule has 88 valence electrons. The van der Waals surface area contributed by atoms with Crippen molar-refractivity contribution in [2.75, 3.05) is 5.88 Å². The lowest BCUT2D eigenvalue weighted by Crippen LogP contribution is -2.43. The molecular weight excluding hydrogens is 210 g/mol. The molecule has 0 spiro atoms.